The zero-order valence-corrected chi connectivity index (χ0v) is 12.8. The Hall–Kier alpha value is -1.62. The number of anilines is 1. The summed E-state index contributed by atoms with van der Waals surface area (Å²) in [7, 11) is 0. The van der Waals surface area contributed by atoms with Crippen LogP contribution in [0.1, 0.15) is 42.2 Å². The number of nitrogens with one attached hydrogen (secondary N) is 1. The van der Waals surface area contributed by atoms with E-state index in [1.54, 1.807) is 6.20 Å². The summed E-state index contributed by atoms with van der Waals surface area (Å²) in [6.07, 6.45) is 5.19. The van der Waals surface area contributed by atoms with Crippen molar-refractivity contribution in [2.45, 2.75) is 45.3 Å². The maximum absolute atomic E-state index is 12.9. The Kier molecular flexibility index (Phi) is 4.10. The van der Waals surface area contributed by atoms with E-state index in [9.17, 15) is 4.79 Å². The van der Waals surface area contributed by atoms with Gasteiger partial charge >= 0.3 is 0 Å². The van der Waals surface area contributed by atoms with E-state index < -0.39 is 0 Å². The Balaban J connectivity index is 1.87. The number of hydrogen-bond acceptors (Lipinski definition) is 4. The predicted molar refractivity (Wildman–Crippen MR) is 81.6 cm³/mol. The summed E-state index contributed by atoms with van der Waals surface area (Å²) in [5.41, 5.74) is 2.48. The van der Waals surface area contributed by atoms with Crippen LogP contribution >= 0.6 is 0 Å². The van der Waals surface area contributed by atoms with Crippen molar-refractivity contribution in [3.63, 3.8) is 0 Å². The molecule has 1 saturated carbocycles. The van der Waals surface area contributed by atoms with E-state index in [2.05, 4.69) is 10.3 Å². The maximum atomic E-state index is 12.9. The van der Waals surface area contributed by atoms with E-state index in [1.807, 2.05) is 24.8 Å². The summed E-state index contributed by atoms with van der Waals surface area (Å²) < 4.78 is 5.79. The van der Waals surface area contributed by atoms with Gasteiger partial charge in [-0.3, -0.25) is 9.78 Å². The fourth-order valence-corrected chi connectivity index (χ4v) is 3.40. The van der Waals surface area contributed by atoms with Crippen molar-refractivity contribution in [1.82, 2.24) is 9.88 Å². The largest absolute Gasteiger partial charge is 0.385 e. The van der Waals surface area contributed by atoms with E-state index in [1.165, 1.54) is 0 Å². The number of fused-ring (bicyclic) bond motifs is 1. The fraction of sp³-hybridized carbons (Fsp3) is 0.625. The third kappa shape index (κ3) is 2.75. The summed E-state index contributed by atoms with van der Waals surface area (Å²) in [5.74, 6) is 0.0821. The predicted octanol–water partition coefficient (Wildman–Crippen LogP) is 2.22. The van der Waals surface area contributed by atoms with Crippen LogP contribution in [-0.2, 0) is 4.74 Å². The van der Waals surface area contributed by atoms with Crippen LogP contribution < -0.4 is 5.32 Å². The van der Waals surface area contributed by atoms with Gasteiger partial charge in [0.2, 0.25) is 0 Å². The highest BCUT2D eigenvalue weighted by atomic mass is 16.5. The van der Waals surface area contributed by atoms with Crippen molar-refractivity contribution < 1.29 is 9.53 Å². The fourth-order valence-electron chi connectivity index (χ4n) is 3.40. The number of rotatable bonds is 3. The first-order valence-electron chi connectivity index (χ1n) is 7.83. The molecule has 2 aliphatic rings. The van der Waals surface area contributed by atoms with Crippen molar-refractivity contribution in [3.05, 3.63) is 23.5 Å². The van der Waals surface area contributed by atoms with Gasteiger partial charge in [-0.15, -0.1) is 0 Å². The second-order valence-corrected chi connectivity index (χ2v) is 5.81. The molecule has 0 spiro atoms. The molecule has 1 N–H and O–H groups in total. The molecule has 1 aliphatic carbocycles. The summed E-state index contributed by atoms with van der Waals surface area (Å²) >= 11 is 0. The van der Waals surface area contributed by atoms with Gasteiger partial charge in [-0.05, 0) is 39.2 Å². The lowest BCUT2D eigenvalue weighted by Crippen LogP contribution is -2.51. The number of hydrogen-bond donors (Lipinski definition) is 1. The molecule has 2 fully saturated rings. The van der Waals surface area contributed by atoms with Crippen LogP contribution in [0, 0.1) is 6.92 Å². The highest BCUT2D eigenvalue weighted by Crippen LogP contribution is 2.31. The van der Waals surface area contributed by atoms with Gasteiger partial charge in [-0.1, -0.05) is 0 Å². The third-order valence-electron chi connectivity index (χ3n) is 4.38. The highest BCUT2D eigenvalue weighted by molar-refractivity contribution is 5.99. The molecule has 1 saturated heterocycles. The Bertz CT molecular complexity index is 532. The first-order chi connectivity index (χ1) is 10.2. The van der Waals surface area contributed by atoms with Gasteiger partial charge in [0.05, 0.1) is 30.0 Å². The molecule has 5 heteroatoms. The SMILES string of the molecule is CCNc1cc(C)ncc1C(=O)N1CCOC2CCCC21. The molecule has 2 heterocycles. The van der Waals surface area contributed by atoms with Crippen LogP contribution in [0.15, 0.2) is 12.3 Å². The van der Waals surface area contributed by atoms with Gasteiger partial charge in [0.1, 0.15) is 0 Å². The van der Waals surface area contributed by atoms with E-state index in [0.717, 1.165) is 37.2 Å². The maximum Gasteiger partial charge on any atom is 0.257 e. The number of pyridine rings is 1. The van der Waals surface area contributed by atoms with E-state index in [-0.39, 0.29) is 18.1 Å². The number of carbonyl (C=O) groups excluding carboxylic acids is 1. The molecule has 1 aromatic heterocycles. The van der Waals surface area contributed by atoms with Crippen LogP contribution in [-0.4, -0.2) is 47.6 Å². The molecule has 1 aromatic rings. The molecule has 2 atom stereocenters. The Labute approximate surface area is 125 Å². The zero-order valence-electron chi connectivity index (χ0n) is 12.8. The lowest BCUT2D eigenvalue weighted by atomic mass is 10.1. The standard InChI is InChI=1S/C16H23N3O2/c1-3-17-13-9-11(2)18-10-12(13)16(20)19-7-8-21-15-6-4-5-14(15)19/h9-10,14-15H,3-8H2,1-2H3,(H,17,18). The molecule has 0 radical (unpaired) electrons. The molecule has 21 heavy (non-hydrogen) atoms. The first kappa shape index (κ1) is 14.3. The number of morpholine rings is 1. The lowest BCUT2D eigenvalue weighted by Gasteiger charge is -2.38. The second-order valence-electron chi connectivity index (χ2n) is 5.81. The van der Waals surface area contributed by atoms with E-state index in [4.69, 9.17) is 4.74 Å². The molecular weight excluding hydrogens is 266 g/mol. The normalized spacial score (nSPS) is 24.8. The molecule has 2 unspecified atom stereocenters. The van der Waals surface area contributed by atoms with Gasteiger partial charge in [-0.2, -0.15) is 0 Å². The number of ether oxygens (including phenoxy) is 1. The van der Waals surface area contributed by atoms with Crippen LogP contribution in [0.4, 0.5) is 5.69 Å². The molecule has 1 aliphatic heterocycles. The second kappa shape index (κ2) is 6.02. The molecule has 5 nitrogen and oxygen atoms in total. The summed E-state index contributed by atoms with van der Waals surface area (Å²) in [4.78, 5) is 19.2. The Morgan fingerprint density at radius 2 is 2.38 bits per heavy atom. The summed E-state index contributed by atoms with van der Waals surface area (Å²) in [6.45, 7) is 6.09. The first-order valence-corrected chi connectivity index (χ1v) is 7.83. The summed E-state index contributed by atoms with van der Waals surface area (Å²) in [6, 6.07) is 2.19. The van der Waals surface area contributed by atoms with Gasteiger partial charge < -0.3 is 15.0 Å². The molecular formula is C16H23N3O2. The molecule has 0 aromatic carbocycles. The lowest BCUT2D eigenvalue weighted by molar-refractivity contribution is -0.0445. The zero-order chi connectivity index (χ0) is 14.8. The molecule has 1 amide bonds. The monoisotopic (exact) mass is 289 g/mol. The van der Waals surface area contributed by atoms with Crippen molar-refractivity contribution in [3.8, 4) is 0 Å². The van der Waals surface area contributed by atoms with Gasteiger partial charge in [0, 0.05) is 25.0 Å². The Morgan fingerprint density at radius 3 is 3.19 bits per heavy atom. The third-order valence-corrected chi connectivity index (χ3v) is 4.38. The smallest absolute Gasteiger partial charge is 0.257 e. The van der Waals surface area contributed by atoms with Crippen LogP contribution in [0.5, 0.6) is 0 Å². The minimum Gasteiger partial charge on any atom is -0.385 e. The van der Waals surface area contributed by atoms with Crippen molar-refractivity contribution in [1.29, 1.82) is 0 Å². The highest BCUT2D eigenvalue weighted by Gasteiger charge is 2.39. The average Bonchev–Trinajstić information content (AvgIpc) is 2.95. The number of aryl methyl sites for hydroxylation is 1. The van der Waals surface area contributed by atoms with Gasteiger partial charge in [0.15, 0.2) is 0 Å². The van der Waals surface area contributed by atoms with E-state index in [0.29, 0.717) is 18.7 Å². The average molecular weight is 289 g/mol. The minimum absolute atomic E-state index is 0.0821. The molecule has 0 bridgehead atoms. The van der Waals surface area contributed by atoms with Crippen LogP contribution in [0.2, 0.25) is 0 Å². The Morgan fingerprint density at radius 1 is 1.52 bits per heavy atom. The van der Waals surface area contributed by atoms with Crippen molar-refractivity contribution >= 4 is 11.6 Å². The molecule has 114 valence electrons. The van der Waals surface area contributed by atoms with Gasteiger partial charge in [0.25, 0.3) is 5.91 Å². The van der Waals surface area contributed by atoms with Gasteiger partial charge in [-0.25, -0.2) is 0 Å². The van der Waals surface area contributed by atoms with Crippen molar-refractivity contribution in [2.75, 3.05) is 25.0 Å². The number of amides is 1. The topological polar surface area (TPSA) is 54.5 Å². The van der Waals surface area contributed by atoms with E-state index >= 15 is 0 Å². The minimum atomic E-state index is 0.0821. The quantitative estimate of drug-likeness (QED) is 0.927. The van der Waals surface area contributed by atoms with Crippen LogP contribution in [0.25, 0.3) is 0 Å². The molecule has 3 rings (SSSR count). The number of nitrogens with zero attached hydrogens (tertiary/aromatic N) is 2. The summed E-state index contributed by atoms with van der Waals surface area (Å²) in [5, 5.41) is 3.28. The number of aromatic nitrogens is 1. The van der Waals surface area contributed by atoms with Crippen molar-refractivity contribution in [2.24, 2.45) is 0 Å². The van der Waals surface area contributed by atoms with Crippen LogP contribution in [0.3, 0.4) is 0 Å². The number of carbonyl (C=O) groups is 1.